The predicted molar refractivity (Wildman–Crippen MR) is 75.4 cm³/mol. The Morgan fingerprint density at radius 2 is 1.67 bits per heavy atom. The monoisotopic (exact) mass is 240 g/mol. The van der Waals surface area contributed by atoms with Crippen molar-refractivity contribution in [2.45, 2.75) is 6.92 Å². The van der Waals surface area contributed by atoms with Crippen LogP contribution in [-0.2, 0) is 4.84 Å². The molecule has 3 nitrogen and oxygen atoms in total. The van der Waals surface area contributed by atoms with Gasteiger partial charge in [-0.2, -0.15) is 0 Å². The summed E-state index contributed by atoms with van der Waals surface area (Å²) in [5.74, 6) is 0. The standard InChI is InChI=1S/C15H16N2O/c1-12(17-18-2)14-10-6-7-11-15(14)16-13-8-4-3-5-9-13/h3-11,16H,1-2H3/b17-12+. The zero-order valence-electron chi connectivity index (χ0n) is 10.6. The summed E-state index contributed by atoms with van der Waals surface area (Å²) >= 11 is 0. The third-order valence-corrected chi connectivity index (χ3v) is 2.60. The summed E-state index contributed by atoms with van der Waals surface area (Å²) in [5.41, 5.74) is 3.94. The SMILES string of the molecule is CO/N=C(\C)c1ccccc1Nc1ccccc1. The smallest absolute Gasteiger partial charge is 0.106 e. The van der Waals surface area contributed by atoms with Crippen molar-refractivity contribution >= 4 is 17.1 Å². The van der Waals surface area contributed by atoms with E-state index in [-0.39, 0.29) is 0 Å². The molecule has 0 radical (unpaired) electrons. The van der Waals surface area contributed by atoms with Crippen LogP contribution in [0.25, 0.3) is 0 Å². The van der Waals surface area contributed by atoms with E-state index in [0.717, 1.165) is 22.6 Å². The van der Waals surface area contributed by atoms with Crippen molar-refractivity contribution < 1.29 is 4.84 Å². The molecule has 0 spiro atoms. The molecular formula is C15H16N2O. The summed E-state index contributed by atoms with van der Waals surface area (Å²) in [6.45, 7) is 1.93. The Labute approximate surface area is 107 Å². The van der Waals surface area contributed by atoms with Crippen LogP contribution in [0, 0.1) is 0 Å². The van der Waals surface area contributed by atoms with Crippen LogP contribution >= 0.6 is 0 Å². The average Bonchev–Trinajstić information content (AvgIpc) is 2.41. The molecule has 0 fully saturated rings. The molecule has 0 heterocycles. The average molecular weight is 240 g/mol. The molecule has 0 atom stereocenters. The lowest BCUT2D eigenvalue weighted by Gasteiger charge is -2.11. The molecule has 0 saturated heterocycles. The van der Waals surface area contributed by atoms with Crippen molar-refractivity contribution in [3.63, 3.8) is 0 Å². The van der Waals surface area contributed by atoms with Gasteiger partial charge in [-0.15, -0.1) is 0 Å². The van der Waals surface area contributed by atoms with Crippen molar-refractivity contribution in [3.8, 4) is 0 Å². The number of oxime groups is 1. The van der Waals surface area contributed by atoms with Crippen molar-refractivity contribution in [1.29, 1.82) is 0 Å². The van der Waals surface area contributed by atoms with Gasteiger partial charge in [0.1, 0.15) is 7.11 Å². The Morgan fingerprint density at radius 3 is 2.39 bits per heavy atom. The van der Waals surface area contributed by atoms with E-state index in [1.54, 1.807) is 7.11 Å². The lowest BCUT2D eigenvalue weighted by atomic mass is 10.1. The molecule has 0 unspecified atom stereocenters. The molecule has 2 rings (SSSR count). The highest BCUT2D eigenvalue weighted by Crippen LogP contribution is 2.21. The number of hydrogen-bond donors (Lipinski definition) is 1. The van der Waals surface area contributed by atoms with Crippen LogP contribution in [-0.4, -0.2) is 12.8 Å². The molecule has 2 aromatic carbocycles. The Hall–Kier alpha value is -2.29. The van der Waals surface area contributed by atoms with E-state index in [1.165, 1.54) is 0 Å². The maximum atomic E-state index is 4.82. The molecule has 92 valence electrons. The number of rotatable bonds is 4. The van der Waals surface area contributed by atoms with Gasteiger partial charge in [-0.1, -0.05) is 41.6 Å². The third kappa shape index (κ3) is 2.88. The molecule has 1 N–H and O–H groups in total. The zero-order valence-corrected chi connectivity index (χ0v) is 10.6. The highest BCUT2D eigenvalue weighted by Gasteiger charge is 2.05. The second-order valence-electron chi connectivity index (χ2n) is 3.90. The number of benzene rings is 2. The Morgan fingerprint density at radius 1 is 1.00 bits per heavy atom. The lowest BCUT2D eigenvalue weighted by Crippen LogP contribution is -2.01. The van der Waals surface area contributed by atoms with Crippen LogP contribution in [0.2, 0.25) is 0 Å². The first-order chi connectivity index (χ1) is 8.81. The molecule has 18 heavy (non-hydrogen) atoms. The molecule has 0 aliphatic heterocycles. The van der Waals surface area contributed by atoms with E-state index in [1.807, 2.05) is 61.5 Å². The predicted octanol–water partition coefficient (Wildman–Crippen LogP) is 3.80. The minimum absolute atomic E-state index is 0.844. The summed E-state index contributed by atoms with van der Waals surface area (Å²) in [4.78, 5) is 4.82. The third-order valence-electron chi connectivity index (χ3n) is 2.60. The van der Waals surface area contributed by atoms with E-state index >= 15 is 0 Å². The summed E-state index contributed by atoms with van der Waals surface area (Å²) in [5, 5.41) is 7.35. The quantitative estimate of drug-likeness (QED) is 0.651. The fraction of sp³-hybridized carbons (Fsp3) is 0.133. The van der Waals surface area contributed by atoms with E-state index in [9.17, 15) is 0 Å². The number of anilines is 2. The van der Waals surface area contributed by atoms with Crippen LogP contribution in [0.1, 0.15) is 12.5 Å². The van der Waals surface area contributed by atoms with E-state index in [4.69, 9.17) is 4.84 Å². The Bertz CT molecular complexity index is 535. The normalized spacial score (nSPS) is 11.1. The van der Waals surface area contributed by atoms with Gasteiger partial charge in [0.15, 0.2) is 0 Å². The summed E-state index contributed by atoms with van der Waals surface area (Å²) < 4.78 is 0. The highest BCUT2D eigenvalue weighted by atomic mass is 16.6. The fourth-order valence-electron chi connectivity index (χ4n) is 1.77. The number of hydrogen-bond acceptors (Lipinski definition) is 3. The zero-order chi connectivity index (χ0) is 12.8. The second kappa shape index (κ2) is 5.87. The number of nitrogens with one attached hydrogen (secondary N) is 1. The van der Waals surface area contributed by atoms with Crippen LogP contribution < -0.4 is 5.32 Å². The van der Waals surface area contributed by atoms with E-state index < -0.39 is 0 Å². The summed E-state index contributed by atoms with van der Waals surface area (Å²) in [6, 6.07) is 18.1. The summed E-state index contributed by atoms with van der Waals surface area (Å²) in [7, 11) is 1.55. The van der Waals surface area contributed by atoms with Gasteiger partial charge in [0, 0.05) is 16.9 Å². The molecule has 3 heteroatoms. The fourth-order valence-corrected chi connectivity index (χ4v) is 1.77. The lowest BCUT2D eigenvalue weighted by molar-refractivity contribution is 0.213. The van der Waals surface area contributed by atoms with Crippen LogP contribution in [0.5, 0.6) is 0 Å². The second-order valence-corrected chi connectivity index (χ2v) is 3.90. The molecule has 0 aliphatic rings. The van der Waals surface area contributed by atoms with Gasteiger partial charge >= 0.3 is 0 Å². The summed E-state index contributed by atoms with van der Waals surface area (Å²) in [6.07, 6.45) is 0. The largest absolute Gasteiger partial charge is 0.399 e. The Balaban J connectivity index is 2.31. The van der Waals surface area contributed by atoms with Gasteiger partial charge in [0.2, 0.25) is 0 Å². The topological polar surface area (TPSA) is 33.6 Å². The minimum Gasteiger partial charge on any atom is -0.399 e. The van der Waals surface area contributed by atoms with Crippen molar-refractivity contribution in [2.24, 2.45) is 5.16 Å². The maximum Gasteiger partial charge on any atom is 0.106 e. The van der Waals surface area contributed by atoms with E-state index in [0.29, 0.717) is 0 Å². The highest BCUT2D eigenvalue weighted by molar-refractivity contribution is 6.03. The molecule has 0 bridgehead atoms. The molecule has 2 aromatic rings. The van der Waals surface area contributed by atoms with Gasteiger partial charge in [-0.05, 0) is 25.1 Å². The molecule has 0 amide bonds. The van der Waals surface area contributed by atoms with Gasteiger partial charge in [0.25, 0.3) is 0 Å². The molecule has 0 saturated carbocycles. The Kier molecular flexibility index (Phi) is 3.97. The van der Waals surface area contributed by atoms with Crippen molar-refractivity contribution in [2.75, 3.05) is 12.4 Å². The van der Waals surface area contributed by atoms with Gasteiger partial charge in [-0.25, -0.2) is 0 Å². The first-order valence-electron chi connectivity index (χ1n) is 5.80. The molecule has 0 aliphatic carbocycles. The number of nitrogens with zero attached hydrogens (tertiary/aromatic N) is 1. The maximum absolute atomic E-state index is 4.82. The molecular weight excluding hydrogens is 224 g/mol. The number of para-hydroxylation sites is 2. The van der Waals surface area contributed by atoms with Crippen LogP contribution in [0.3, 0.4) is 0 Å². The van der Waals surface area contributed by atoms with Crippen molar-refractivity contribution in [1.82, 2.24) is 0 Å². The minimum atomic E-state index is 0.844. The van der Waals surface area contributed by atoms with Gasteiger partial charge < -0.3 is 10.2 Å². The molecule has 0 aromatic heterocycles. The van der Waals surface area contributed by atoms with Crippen molar-refractivity contribution in [3.05, 3.63) is 60.2 Å². The first-order valence-corrected chi connectivity index (χ1v) is 5.80. The van der Waals surface area contributed by atoms with Gasteiger partial charge in [-0.3, -0.25) is 0 Å². The van der Waals surface area contributed by atoms with E-state index in [2.05, 4.69) is 10.5 Å². The van der Waals surface area contributed by atoms with Crippen LogP contribution in [0.15, 0.2) is 59.8 Å². The van der Waals surface area contributed by atoms with Gasteiger partial charge in [0.05, 0.1) is 5.71 Å². The van der Waals surface area contributed by atoms with Crippen LogP contribution in [0.4, 0.5) is 11.4 Å². The first kappa shape index (κ1) is 12.2.